The molecule has 0 atom stereocenters. The molecule has 0 aliphatic rings. The third kappa shape index (κ3) is 15.9. The van der Waals surface area contributed by atoms with E-state index in [4.69, 9.17) is 21.7 Å². The first kappa shape index (κ1) is 58.4. The number of hydrogen-bond donors (Lipinski definition) is 10. The standard InChI is InChI=1S/2C22H18F4N8O2.C4H4O4/c2*1-11-3-2-4-16(31-11)33-21(36)32-15-6-5-12(7-14(15)23)17-13(20(35)28-9-22(24,25)26)8-34-18(17)19(27)29-10-30-34;5-3(6)1-2-4(7)8/h2*2-8,10H,9H2,1H3,(H,28,35)(H2,27,29,30)(H2,31,32,33,36);1-2H,(H,5,6)(H,7,8)/b;;2-1+. The van der Waals surface area contributed by atoms with E-state index < -0.39 is 72.9 Å². The minimum Gasteiger partial charge on any atom is -0.478 e. The van der Waals surface area contributed by atoms with Gasteiger partial charge in [0.2, 0.25) is 0 Å². The largest absolute Gasteiger partial charge is 0.478 e. The van der Waals surface area contributed by atoms with Crippen LogP contribution in [-0.2, 0) is 9.59 Å². The molecule has 2 aromatic carbocycles. The lowest BCUT2D eigenvalue weighted by atomic mass is 10.0. The van der Waals surface area contributed by atoms with Crippen molar-refractivity contribution < 1.29 is 74.1 Å². The Bertz CT molecular complexity index is 3460. The molecule has 0 bridgehead atoms. The number of aliphatic carboxylic acids is 2. The zero-order valence-corrected chi connectivity index (χ0v) is 40.9. The normalized spacial score (nSPS) is 11.2. The summed E-state index contributed by atoms with van der Waals surface area (Å²) in [5.74, 6) is -6.05. The SMILES string of the molecule is Cc1cccc(NC(=O)Nc2ccc(-c3c(C(=O)NCC(F)(F)F)cn4ncnc(N)c34)cc2F)n1.Cc1cccc(NC(=O)Nc2ccc(-c3c(C(=O)NCC(F)(F)F)cn4ncnc(N)c34)cc2F)n1.O=C(O)/C=C/C(=O)O. The number of rotatable bonds is 12. The van der Waals surface area contributed by atoms with E-state index in [1.807, 2.05) is 0 Å². The highest BCUT2D eigenvalue weighted by atomic mass is 19.4. The number of nitrogens with one attached hydrogen (secondary N) is 6. The zero-order chi connectivity index (χ0) is 58.6. The average Bonchev–Trinajstić information content (AvgIpc) is 4.20. The fourth-order valence-corrected chi connectivity index (χ4v) is 7.00. The number of carboxylic acids is 2. The van der Waals surface area contributed by atoms with E-state index in [-0.39, 0.29) is 79.1 Å². The van der Waals surface area contributed by atoms with Crippen LogP contribution in [0.4, 0.5) is 79.4 Å². The summed E-state index contributed by atoms with van der Waals surface area (Å²) < 4.78 is 108. The zero-order valence-electron chi connectivity index (χ0n) is 40.9. The first-order valence-electron chi connectivity index (χ1n) is 22.4. The highest BCUT2D eigenvalue weighted by Gasteiger charge is 2.31. The fourth-order valence-electron chi connectivity index (χ4n) is 7.00. The summed E-state index contributed by atoms with van der Waals surface area (Å²) in [5.41, 5.74) is 12.8. The molecular weight excluding hydrogens is 1080 g/mol. The number of amides is 6. The third-order valence-corrected chi connectivity index (χ3v) is 10.2. The summed E-state index contributed by atoms with van der Waals surface area (Å²) in [4.78, 5) is 84.7. The van der Waals surface area contributed by atoms with Crippen LogP contribution in [0.1, 0.15) is 32.1 Å². The summed E-state index contributed by atoms with van der Waals surface area (Å²) >= 11 is 0. The van der Waals surface area contributed by atoms with Crippen molar-refractivity contribution in [3.05, 3.63) is 144 Å². The number of hydrogen-bond acceptors (Lipinski definition) is 14. The highest BCUT2D eigenvalue weighted by molar-refractivity contribution is 6.09. The van der Waals surface area contributed by atoms with Crippen molar-refractivity contribution in [3.8, 4) is 22.3 Å². The lowest BCUT2D eigenvalue weighted by molar-refractivity contribution is -0.134. The van der Waals surface area contributed by atoms with Crippen LogP contribution in [-0.4, -0.2) is 111 Å². The Labute approximate surface area is 443 Å². The number of carbonyl (C=O) groups is 6. The molecule has 0 fully saturated rings. The van der Waals surface area contributed by atoms with Crippen LogP contribution in [0, 0.1) is 25.5 Å². The molecule has 0 unspecified atom stereocenters. The first-order valence-corrected chi connectivity index (χ1v) is 22.4. The van der Waals surface area contributed by atoms with Crippen LogP contribution in [0.25, 0.3) is 33.3 Å². The number of nitrogens with zero attached hydrogens (tertiary/aromatic N) is 8. The fraction of sp³-hybridized carbons (Fsp3) is 0.125. The molecule has 80 heavy (non-hydrogen) atoms. The van der Waals surface area contributed by atoms with E-state index in [0.29, 0.717) is 23.5 Å². The summed E-state index contributed by atoms with van der Waals surface area (Å²) in [5, 5.41) is 36.7. The van der Waals surface area contributed by atoms with Gasteiger partial charge in [-0.05, 0) is 73.5 Å². The van der Waals surface area contributed by atoms with Gasteiger partial charge in [-0.25, -0.2) is 56.9 Å². The molecule has 24 nitrogen and oxygen atoms in total. The number of nitrogen functional groups attached to an aromatic ring is 2. The Morgan fingerprint density at radius 1 is 0.575 bits per heavy atom. The quantitative estimate of drug-likeness (QED) is 0.0426. The lowest BCUT2D eigenvalue weighted by Crippen LogP contribution is -2.33. The van der Waals surface area contributed by atoms with Gasteiger partial charge < -0.3 is 42.9 Å². The van der Waals surface area contributed by atoms with Gasteiger partial charge in [0.05, 0.1) is 22.5 Å². The number of aromatic nitrogens is 8. The third-order valence-electron chi connectivity index (χ3n) is 10.2. The summed E-state index contributed by atoms with van der Waals surface area (Å²) in [6, 6.07) is 15.7. The van der Waals surface area contributed by atoms with E-state index in [1.54, 1.807) is 60.9 Å². The van der Waals surface area contributed by atoms with Crippen molar-refractivity contribution in [2.45, 2.75) is 26.2 Å². The maximum Gasteiger partial charge on any atom is 0.405 e. The lowest BCUT2D eigenvalue weighted by Gasteiger charge is -2.11. The number of halogens is 8. The van der Waals surface area contributed by atoms with Crippen LogP contribution in [0.5, 0.6) is 0 Å². The van der Waals surface area contributed by atoms with Gasteiger partial charge in [-0.2, -0.15) is 36.5 Å². The number of carbonyl (C=O) groups excluding carboxylic acids is 4. The predicted molar refractivity (Wildman–Crippen MR) is 270 cm³/mol. The number of pyridine rings is 2. The molecule has 0 spiro atoms. The van der Waals surface area contributed by atoms with E-state index in [0.717, 1.165) is 33.8 Å². The Hall–Kier alpha value is -10.8. The van der Waals surface area contributed by atoms with Gasteiger partial charge in [-0.15, -0.1) is 0 Å². The van der Waals surface area contributed by atoms with Crippen molar-refractivity contribution in [2.75, 3.05) is 45.8 Å². The molecular formula is C48H40F8N16O8. The van der Waals surface area contributed by atoms with Gasteiger partial charge in [0.25, 0.3) is 11.8 Å². The minimum atomic E-state index is -4.64. The smallest absolute Gasteiger partial charge is 0.405 e. The van der Waals surface area contributed by atoms with E-state index in [9.17, 15) is 63.9 Å². The number of carboxylic acid groups (broad SMARTS) is 2. The van der Waals surface area contributed by atoms with E-state index >= 15 is 0 Å². The molecule has 6 heterocycles. The van der Waals surface area contributed by atoms with Gasteiger partial charge in [0.15, 0.2) is 11.6 Å². The van der Waals surface area contributed by atoms with Crippen molar-refractivity contribution in [1.82, 2.24) is 49.8 Å². The Morgan fingerprint density at radius 2 is 0.950 bits per heavy atom. The van der Waals surface area contributed by atoms with Crippen LogP contribution < -0.4 is 43.4 Å². The topological polar surface area (TPSA) is 353 Å². The second-order valence-corrected chi connectivity index (χ2v) is 16.2. The van der Waals surface area contributed by atoms with Crippen LogP contribution in [0.3, 0.4) is 0 Å². The molecule has 8 aromatic rings. The van der Waals surface area contributed by atoms with Gasteiger partial charge in [0.1, 0.15) is 60.0 Å². The van der Waals surface area contributed by atoms with Crippen molar-refractivity contribution in [2.24, 2.45) is 0 Å². The van der Waals surface area contributed by atoms with Crippen molar-refractivity contribution in [3.63, 3.8) is 0 Å². The molecule has 6 amide bonds. The van der Waals surface area contributed by atoms with E-state index in [1.165, 1.54) is 36.7 Å². The molecule has 32 heteroatoms. The number of urea groups is 2. The highest BCUT2D eigenvalue weighted by Crippen LogP contribution is 2.36. The Morgan fingerprint density at radius 3 is 1.27 bits per heavy atom. The predicted octanol–water partition coefficient (Wildman–Crippen LogP) is 7.23. The Kier molecular flexibility index (Phi) is 18.2. The second kappa shape index (κ2) is 24.9. The molecule has 0 saturated carbocycles. The first-order chi connectivity index (χ1) is 37.7. The van der Waals surface area contributed by atoms with Gasteiger partial charge in [0, 0.05) is 47.1 Å². The maximum absolute atomic E-state index is 15.0. The van der Waals surface area contributed by atoms with Crippen molar-refractivity contribution in [1.29, 1.82) is 0 Å². The molecule has 0 aliphatic carbocycles. The van der Waals surface area contributed by atoms with Crippen LogP contribution in [0.2, 0.25) is 0 Å². The molecule has 0 aliphatic heterocycles. The van der Waals surface area contributed by atoms with Crippen LogP contribution in [0.15, 0.2) is 110 Å². The van der Waals surface area contributed by atoms with E-state index in [2.05, 4.69) is 51.4 Å². The van der Waals surface area contributed by atoms with Gasteiger partial charge in [-0.3, -0.25) is 20.2 Å². The number of benzene rings is 2. The molecule has 0 radical (unpaired) electrons. The molecule has 6 aromatic heterocycles. The molecule has 0 saturated heterocycles. The number of alkyl halides is 6. The number of nitrogens with two attached hydrogens (primary N) is 2. The summed E-state index contributed by atoms with van der Waals surface area (Å²) in [6.07, 6.45) is -3.63. The number of fused-ring (bicyclic) bond motifs is 2. The average molecular weight is 1120 g/mol. The van der Waals surface area contributed by atoms with Crippen molar-refractivity contribution >= 4 is 81.5 Å². The van der Waals surface area contributed by atoms with Gasteiger partial charge >= 0.3 is 36.4 Å². The second-order valence-electron chi connectivity index (χ2n) is 16.2. The Balaban J connectivity index is 0.000000227. The number of aryl methyl sites for hydroxylation is 2. The molecule has 8 rings (SSSR count). The maximum atomic E-state index is 15.0. The summed E-state index contributed by atoms with van der Waals surface area (Å²) in [6.45, 7) is 0.340. The summed E-state index contributed by atoms with van der Waals surface area (Å²) in [7, 11) is 0. The van der Waals surface area contributed by atoms with Gasteiger partial charge in [-0.1, -0.05) is 24.3 Å². The molecule has 12 N–H and O–H groups in total. The molecule has 416 valence electrons. The number of anilines is 6. The minimum absolute atomic E-state index is 0.0200. The monoisotopic (exact) mass is 1120 g/mol. The van der Waals surface area contributed by atoms with Crippen LogP contribution >= 0.6 is 0 Å².